The molecule has 4 aromatic rings. The van der Waals surface area contributed by atoms with Gasteiger partial charge in [0.2, 0.25) is 0 Å². The maximum Gasteiger partial charge on any atom is 0.319 e. The Balaban J connectivity index is 1.08. The van der Waals surface area contributed by atoms with Crippen LogP contribution in [0.4, 0.5) is 23.4 Å². The molecule has 2 unspecified atom stereocenters. The Bertz CT molecular complexity index is 2150. The van der Waals surface area contributed by atoms with Crippen molar-refractivity contribution < 1.29 is 35.8 Å². The lowest BCUT2D eigenvalue weighted by Gasteiger charge is -2.48. The van der Waals surface area contributed by atoms with Gasteiger partial charge in [0, 0.05) is 72.0 Å². The number of benzene rings is 3. The molecule has 258 valence electrons. The van der Waals surface area contributed by atoms with Crippen molar-refractivity contribution in [1.82, 2.24) is 20.2 Å². The number of phenolic OH excluding ortho intramolecular Hbond substituents is 1. The maximum absolute atomic E-state index is 16.7. The van der Waals surface area contributed by atoms with Crippen molar-refractivity contribution in [3.8, 4) is 22.9 Å². The predicted octanol–water partition coefficient (Wildman–Crippen LogP) is 4.93. The minimum Gasteiger partial charge on any atom is -0.508 e. The van der Waals surface area contributed by atoms with Gasteiger partial charge in [-0.15, -0.1) is 0 Å². The molecule has 2 atom stereocenters. The van der Waals surface area contributed by atoms with E-state index in [4.69, 9.17) is 9.72 Å². The third kappa shape index (κ3) is 5.37. The maximum atomic E-state index is 16.7. The Morgan fingerprint density at radius 2 is 1.71 bits per heavy atom. The van der Waals surface area contributed by atoms with Crippen LogP contribution < -0.4 is 15.0 Å². The summed E-state index contributed by atoms with van der Waals surface area (Å²) in [5.74, 6) is -4.15. The SMILES string of the molecule is O=S1(=O)CCC2(CN(CC3(COc4nc(N5CC6CCC(C5)N6)c5cc(F)c(-c6cc(O)cc7ccc(F)c(F)c67)c(F)c5n4)CC3)C2)C1. The summed E-state index contributed by atoms with van der Waals surface area (Å²) in [5.41, 5.74) is -1.53. The third-order valence-corrected chi connectivity index (χ3v) is 13.1. The highest BCUT2D eigenvalue weighted by atomic mass is 32.2. The average molecular weight is 698 g/mol. The number of hydrogen-bond acceptors (Lipinski definition) is 9. The largest absolute Gasteiger partial charge is 0.508 e. The number of hydrogen-bond donors (Lipinski definition) is 2. The van der Waals surface area contributed by atoms with Gasteiger partial charge in [0.05, 0.1) is 23.7 Å². The summed E-state index contributed by atoms with van der Waals surface area (Å²) in [5, 5.41) is 13.8. The van der Waals surface area contributed by atoms with E-state index in [-0.39, 0.29) is 80.0 Å². The summed E-state index contributed by atoms with van der Waals surface area (Å²) >= 11 is 0. The number of rotatable bonds is 7. The summed E-state index contributed by atoms with van der Waals surface area (Å²) in [6.45, 7) is 3.64. The molecule has 0 amide bonds. The van der Waals surface area contributed by atoms with Crippen molar-refractivity contribution in [2.75, 3.05) is 55.7 Å². The first-order valence-corrected chi connectivity index (χ1v) is 18.6. The fraction of sp³-hybridized carbons (Fsp3) is 0.486. The number of sulfone groups is 1. The predicted molar refractivity (Wildman–Crippen MR) is 175 cm³/mol. The number of nitrogens with one attached hydrogen (secondary N) is 1. The van der Waals surface area contributed by atoms with E-state index in [0.717, 1.165) is 63.5 Å². The van der Waals surface area contributed by atoms with Crippen LogP contribution >= 0.6 is 0 Å². The number of piperazine rings is 1. The molecule has 1 aliphatic carbocycles. The van der Waals surface area contributed by atoms with Crippen molar-refractivity contribution in [1.29, 1.82) is 0 Å². The molecule has 4 saturated heterocycles. The van der Waals surface area contributed by atoms with E-state index in [9.17, 15) is 17.9 Å². The number of likely N-dealkylation sites (tertiary alicyclic amines) is 1. The summed E-state index contributed by atoms with van der Waals surface area (Å²) in [6, 6.07) is 5.79. The molecule has 3 aromatic carbocycles. The number of aromatic hydroxyl groups is 1. The van der Waals surface area contributed by atoms with Crippen LogP contribution in [0.25, 0.3) is 32.8 Å². The zero-order chi connectivity index (χ0) is 33.9. The van der Waals surface area contributed by atoms with Gasteiger partial charge < -0.3 is 25.0 Å². The first-order valence-electron chi connectivity index (χ1n) is 16.8. The first-order chi connectivity index (χ1) is 23.4. The molecule has 1 spiro atoms. The molecular formula is C35H35F4N5O4S. The lowest BCUT2D eigenvalue weighted by molar-refractivity contribution is -0.00119. The van der Waals surface area contributed by atoms with Gasteiger partial charge in [-0.2, -0.15) is 9.97 Å². The Morgan fingerprint density at radius 3 is 2.41 bits per heavy atom. The fourth-order valence-corrected chi connectivity index (χ4v) is 10.9. The van der Waals surface area contributed by atoms with Gasteiger partial charge in [0.1, 0.15) is 22.9 Å². The van der Waals surface area contributed by atoms with Gasteiger partial charge in [0.25, 0.3) is 0 Å². The van der Waals surface area contributed by atoms with Gasteiger partial charge in [-0.3, -0.25) is 0 Å². The van der Waals surface area contributed by atoms with E-state index >= 15 is 13.2 Å². The standard InChI is InChI=1S/C35H35F4N5O4S/c36-25-4-1-19-9-22(45)10-23(27(19)29(25)38)28-26(37)11-24-31(30(28)39)41-33(42-32(24)44-12-20-2-3-21(13-44)40-20)48-17-34(5-6-34)14-43-15-35(16-43)7-8-49(46,47)18-35/h1,4,9-11,20-21,40,45H,2-3,5-8,12-18H2. The highest BCUT2D eigenvalue weighted by Gasteiger charge is 2.54. The lowest BCUT2D eigenvalue weighted by atomic mass is 9.79. The molecule has 14 heteroatoms. The minimum absolute atomic E-state index is 0.0731. The quantitative estimate of drug-likeness (QED) is 0.260. The number of phenols is 1. The van der Waals surface area contributed by atoms with Crippen LogP contribution in [0.2, 0.25) is 0 Å². The molecule has 0 radical (unpaired) electrons. The van der Waals surface area contributed by atoms with Gasteiger partial charge in [-0.25, -0.2) is 26.0 Å². The normalized spacial score (nSPS) is 24.9. The second-order valence-corrected chi connectivity index (χ2v) is 17.2. The van der Waals surface area contributed by atoms with Crippen LogP contribution in [-0.4, -0.2) is 91.3 Å². The van der Waals surface area contributed by atoms with Crippen LogP contribution in [-0.2, 0) is 9.84 Å². The highest BCUT2D eigenvalue weighted by molar-refractivity contribution is 7.91. The molecule has 9 rings (SSSR count). The topological polar surface area (TPSA) is 108 Å². The second kappa shape index (κ2) is 10.9. The van der Waals surface area contributed by atoms with Crippen molar-refractivity contribution >= 4 is 37.3 Å². The van der Waals surface area contributed by atoms with Crippen LogP contribution in [0.15, 0.2) is 30.3 Å². The van der Waals surface area contributed by atoms with E-state index < -0.39 is 38.7 Å². The monoisotopic (exact) mass is 697 g/mol. The zero-order valence-electron chi connectivity index (χ0n) is 26.6. The van der Waals surface area contributed by atoms with E-state index in [2.05, 4.69) is 15.2 Å². The molecular weight excluding hydrogens is 662 g/mol. The van der Waals surface area contributed by atoms with Gasteiger partial charge in [-0.1, -0.05) is 6.07 Å². The Hall–Kier alpha value is -3.75. The summed E-state index contributed by atoms with van der Waals surface area (Å²) in [4.78, 5) is 13.4. The first kappa shape index (κ1) is 31.2. The van der Waals surface area contributed by atoms with Crippen LogP contribution in [0.1, 0.15) is 32.1 Å². The zero-order valence-corrected chi connectivity index (χ0v) is 27.4. The summed E-state index contributed by atoms with van der Waals surface area (Å²) in [6.07, 6.45) is 4.46. The molecule has 5 heterocycles. The van der Waals surface area contributed by atoms with Crippen LogP contribution in [0, 0.1) is 34.1 Å². The molecule has 1 aromatic heterocycles. The summed E-state index contributed by atoms with van der Waals surface area (Å²) in [7, 11) is -2.97. The van der Waals surface area contributed by atoms with Crippen molar-refractivity contribution in [3.05, 3.63) is 53.6 Å². The molecule has 49 heavy (non-hydrogen) atoms. The third-order valence-electron chi connectivity index (χ3n) is 11.2. The van der Waals surface area contributed by atoms with Gasteiger partial charge >= 0.3 is 6.01 Å². The van der Waals surface area contributed by atoms with Crippen molar-refractivity contribution in [2.45, 2.75) is 44.2 Å². The lowest BCUT2D eigenvalue weighted by Crippen LogP contribution is -2.58. The Labute approximate surface area is 280 Å². The average Bonchev–Trinajstić information content (AvgIpc) is 3.61. The van der Waals surface area contributed by atoms with E-state index in [1.807, 2.05) is 4.90 Å². The van der Waals surface area contributed by atoms with E-state index in [0.29, 0.717) is 25.3 Å². The van der Waals surface area contributed by atoms with E-state index in [1.165, 1.54) is 12.1 Å². The smallest absolute Gasteiger partial charge is 0.319 e. The van der Waals surface area contributed by atoms with Crippen LogP contribution in [0.5, 0.6) is 11.8 Å². The van der Waals surface area contributed by atoms with Crippen molar-refractivity contribution in [3.63, 3.8) is 0 Å². The molecule has 9 nitrogen and oxygen atoms in total. The Morgan fingerprint density at radius 1 is 0.959 bits per heavy atom. The van der Waals surface area contributed by atoms with Crippen molar-refractivity contribution in [2.24, 2.45) is 10.8 Å². The highest BCUT2D eigenvalue weighted by Crippen LogP contribution is 2.50. The number of anilines is 1. The second-order valence-electron chi connectivity index (χ2n) is 15.0. The summed E-state index contributed by atoms with van der Waals surface area (Å²) < 4.78 is 92.8. The molecule has 2 bridgehead atoms. The Kier molecular flexibility index (Phi) is 6.93. The molecule has 2 N–H and O–H groups in total. The number of nitrogens with zero attached hydrogens (tertiary/aromatic N) is 4. The number of halogens is 4. The number of ether oxygens (including phenoxy) is 1. The molecule has 1 saturated carbocycles. The van der Waals surface area contributed by atoms with Crippen LogP contribution in [0.3, 0.4) is 0 Å². The minimum atomic E-state index is -2.97. The van der Waals surface area contributed by atoms with Gasteiger partial charge in [0.15, 0.2) is 27.3 Å². The molecule has 5 aliphatic rings. The molecule has 4 aliphatic heterocycles. The van der Waals surface area contributed by atoms with Gasteiger partial charge in [-0.05, 0) is 61.8 Å². The van der Waals surface area contributed by atoms with E-state index in [1.54, 1.807) is 0 Å². The molecule has 5 fully saturated rings. The number of aromatic nitrogens is 2. The fourth-order valence-electron chi connectivity index (χ4n) is 8.72. The number of fused-ring (bicyclic) bond motifs is 4.